The summed E-state index contributed by atoms with van der Waals surface area (Å²) in [5, 5.41) is 11.5. The molecule has 0 aliphatic heterocycles. The second-order valence-corrected chi connectivity index (χ2v) is 3.87. The van der Waals surface area contributed by atoms with Gasteiger partial charge in [-0.15, -0.1) is 10.2 Å². The highest BCUT2D eigenvalue weighted by atomic mass is 35.5. The Labute approximate surface area is 95.0 Å². The highest BCUT2D eigenvalue weighted by molar-refractivity contribution is 6.30. The van der Waals surface area contributed by atoms with E-state index in [0.717, 1.165) is 16.9 Å². The molecule has 0 radical (unpaired) electrons. The fourth-order valence-corrected chi connectivity index (χ4v) is 1.25. The lowest BCUT2D eigenvalue weighted by Gasteiger charge is -2.13. The highest BCUT2D eigenvalue weighted by Crippen LogP contribution is 2.20. The summed E-state index contributed by atoms with van der Waals surface area (Å²) < 4.78 is 5.13. The molecule has 1 atom stereocenters. The first-order valence-corrected chi connectivity index (χ1v) is 5.20. The van der Waals surface area contributed by atoms with Gasteiger partial charge in [-0.2, -0.15) is 0 Å². The molecular weight excluding hydrogens is 214 g/mol. The number of methoxy groups -OCH3 is 1. The van der Waals surface area contributed by atoms with Gasteiger partial charge < -0.3 is 10.1 Å². The molecule has 1 heterocycles. The minimum Gasteiger partial charge on any atom is -0.380 e. The van der Waals surface area contributed by atoms with Gasteiger partial charge in [-0.3, -0.25) is 0 Å². The van der Waals surface area contributed by atoms with Crippen LogP contribution in [-0.4, -0.2) is 30.0 Å². The third-order valence-electron chi connectivity index (χ3n) is 2.42. The zero-order valence-corrected chi connectivity index (χ0v) is 10.2. The predicted molar refractivity (Wildman–Crippen MR) is 61.5 cm³/mol. The summed E-state index contributed by atoms with van der Waals surface area (Å²) in [6.07, 6.45) is 0.141. The molecule has 0 aromatic carbocycles. The summed E-state index contributed by atoms with van der Waals surface area (Å²) in [6.45, 7) is 6.58. The molecule has 0 fully saturated rings. The van der Waals surface area contributed by atoms with Crippen molar-refractivity contribution < 1.29 is 4.74 Å². The van der Waals surface area contributed by atoms with Crippen molar-refractivity contribution in [1.82, 2.24) is 10.2 Å². The van der Waals surface area contributed by atoms with E-state index in [1.54, 1.807) is 7.11 Å². The van der Waals surface area contributed by atoms with Crippen molar-refractivity contribution in [2.45, 2.75) is 26.9 Å². The van der Waals surface area contributed by atoms with Crippen LogP contribution in [0.5, 0.6) is 0 Å². The van der Waals surface area contributed by atoms with Crippen molar-refractivity contribution in [1.29, 1.82) is 0 Å². The number of anilines is 1. The number of hydrogen-bond acceptors (Lipinski definition) is 4. The first kappa shape index (κ1) is 12.2. The molecule has 0 saturated carbocycles. The predicted octanol–water partition coefficient (Wildman–Crippen LogP) is 2.19. The van der Waals surface area contributed by atoms with Crippen molar-refractivity contribution in [3.8, 4) is 0 Å². The van der Waals surface area contributed by atoms with E-state index < -0.39 is 0 Å². The van der Waals surface area contributed by atoms with Gasteiger partial charge in [-0.05, 0) is 31.9 Å². The molecule has 1 unspecified atom stereocenters. The molecule has 0 amide bonds. The Kier molecular flexibility index (Phi) is 4.29. The van der Waals surface area contributed by atoms with Crippen LogP contribution in [-0.2, 0) is 4.74 Å². The normalized spacial score (nSPS) is 12.6. The lowest BCUT2D eigenvalue weighted by atomic mass is 10.2. The van der Waals surface area contributed by atoms with Crippen molar-refractivity contribution in [2.24, 2.45) is 0 Å². The van der Waals surface area contributed by atoms with E-state index in [1.807, 2.05) is 20.8 Å². The van der Waals surface area contributed by atoms with E-state index in [2.05, 4.69) is 15.5 Å². The van der Waals surface area contributed by atoms with Gasteiger partial charge in [0.2, 0.25) is 0 Å². The largest absolute Gasteiger partial charge is 0.380 e. The number of aromatic nitrogens is 2. The second-order valence-electron chi connectivity index (χ2n) is 3.52. The fourth-order valence-electron chi connectivity index (χ4n) is 1.07. The molecule has 0 bridgehead atoms. The summed E-state index contributed by atoms with van der Waals surface area (Å²) in [7, 11) is 1.68. The third kappa shape index (κ3) is 3.04. The van der Waals surface area contributed by atoms with E-state index in [0.29, 0.717) is 11.7 Å². The number of rotatable bonds is 4. The fraction of sp³-hybridized carbons (Fsp3) is 0.600. The van der Waals surface area contributed by atoms with E-state index >= 15 is 0 Å². The minimum absolute atomic E-state index is 0.141. The molecule has 84 valence electrons. The Balaban J connectivity index is 2.74. The van der Waals surface area contributed by atoms with Gasteiger partial charge in [0.25, 0.3) is 0 Å². The molecule has 4 nitrogen and oxygen atoms in total. The Morgan fingerprint density at radius 2 is 2.00 bits per heavy atom. The topological polar surface area (TPSA) is 47.0 Å². The van der Waals surface area contributed by atoms with Gasteiger partial charge in [-0.25, -0.2) is 0 Å². The average molecular weight is 230 g/mol. The SMILES string of the molecule is COC(C)CNc1nnc(Cl)c(C)c1C. The molecule has 0 aliphatic rings. The van der Waals surface area contributed by atoms with Crippen LogP contribution < -0.4 is 5.32 Å². The molecule has 1 aromatic heterocycles. The van der Waals surface area contributed by atoms with Gasteiger partial charge in [0.1, 0.15) is 0 Å². The molecule has 0 saturated heterocycles. The van der Waals surface area contributed by atoms with Crippen molar-refractivity contribution in [2.75, 3.05) is 19.0 Å². The van der Waals surface area contributed by atoms with Gasteiger partial charge in [0, 0.05) is 13.7 Å². The number of nitrogens with one attached hydrogen (secondary N) is 1. The van der Waals surface area contributed by atoms with Crippen molar-refractivity contribution in [3.63, 3.8) is 0 Å². The zero-order chi connectivity index (χ0) is 11.4. The van der Waals surface area contributed by atoms with E-state index in [9.17, 15) is 0 Å². The van der Waals surface area contributed by atoms with E-state index in [1.165, 1.54) is 0 Å². The van der Waals surface area contributed by atoms with Gasteiger partial charge in [0.15, 0.2) is 11.0 Å². The molecule has 0 aliphatic carbocycles. The first-order valence-electron chi connectivity index (χ1n) is 4.82. The quantitative estimate of drug-likeness (QED) is 0.860. The van der Waals surface area contributed by atoms with Crippen LogP contribution in [0.3, 0.4) is 0 Å². The maximum atomic E-state index is 5.85. The summed E-state index contributed by atoms with van der Waals surface area (Å²) in [6, 6.07) is 0. The van der Waals surface area contributed by atoms with Crippen LogP contribution >= 0.6 is 11.6 Å². The van der Waals surface area contributed by atoms with Crippen LogP contribution in [0.15, 0.2) is 0 Å². The number of ether oxygens (including phenoxy) is 1. The summed E-state index contributed by atoms with van der Waals surface area (Å²) in [5.74, 6) is 0.765. The molecule has 0 spiro atoms. The molecule has 1 N–H and O–H groups in total. The molecular formula is C10H16ClN3O. The smallest absolute Gasteiger partial charge is 0.155 e. The van der Waals surface area contributed by atoms with Crippen LogP contribution in [0, 0.1) is 13.8 Å². The Bertz CT molecular complexity index is 344. The van der Waals surface area contributed by atoms with Crippen LogP contribution in [0.25, 0.3) is 0 Å². The maximum Gasteiger partial charge on any atom is 0.155 e. The Morgan fingerprint density at radius 3 is 2.60 bits per heavy atom. The number of hydrogen-bond donors (Lipinski definition) is 1. The minimum atomic E-state index is 0.141. The van der Waals surface area contributed by atoms with Crippen LogP contribution in [0.1, 0.15) is 18.1 Å². The monoisotopic (exact) mass is 229 g/mol. The van der Waals surface area contributed by atoms with Crippen LogP contribution in [0.4, 0.5) is 5.82 Å². The van der Waals surface area contributed by atoms with Gasteiger partial charge in [-0.1, -0.05) is 11.6 Å². The zero-order valence-electron chi connectivity index (χ0n) is 9.47. The first-order chi connectivity index (χ1) is 7.06. The standard InChI is InChI=1S/C10H16ClN3O/c1-6(15-4)5-12-10-8(3)7(2)9(11)13-14-10/h6H,5H2,1-4H3,(H,12,14). The maximum absolute atomic E-state index is 5.85. The van der Waals surface area contributed by atoms with Gasteiger partial charge >= 0.3 is 0 Å². The summed E-state index contributed by atoms with van der Waals surface area (Å²) >= 11 is 5.85. The Morgan fingerprint density at radius 1 is 1.33 bits per heavy atom. The highest BCUT2D eigenvalue weighted by Gasteiger charge is 2.08. The molecule has 5 heteroatoms. The van der Waals surface area contributed by atoms with E-state index in [4.69, 9.17) is 16.3 Å². The Hall–Kier alpha value is -0.870. The van der Waals surface area contributed by atoms with E-state index in [-0.39, 0.29) is 6.10 Å². The summed E-state index contributed by atoms with van der Waals surface area (Å²) in [5.41, 5.74) is 1.98. The summed E-state index contributed by atoms with van der Waals surface area (Å²) in [4.78, 5) is 0. The second kappa shape index (κ2) is 5.28. The molecule has 15 heavy (non-hydrogen) atoms. The van der Waals surface area contributed by atoms with Crippen molar-refractivity contribution in [3.05, 3.63) is 16.3 Å². The number of halogens is 1. The third-order valence-corrected chi connectivity index (χ3v) is 2.78. The molecule has 1 rings (SSSR count). The van der Waals surface area contributed by atoms with Gasteiger partial charge in [0.05, 0.1) is 6.10 Å². The lowest BCUT2D eigenvalue weighted by molar-refractivity contribution is 0.128. The lowest BCUT2D eigenvalue weighted by Crippen LogP contribution is -2.19. The average Bonchev–Trinajstić information content (AvgIpc) is 2.24. The van der Waals surface area contributed by atoms with Crippen LogP contribution in [0.2, 0.25) is 5.15 Å². The number of nitrogens with zero attached hydrogens (tertiary/aromatic N) is 2. The molecule has 1 aromatic rings. The van der Waals surface area contributed by atoms with Crippen molar-refractivity contribution >= 4 is 17.4 Å².